The Morgan fingerprint density at radius 1 is 1.69 bits per heavy atom. The van der Waals surface area contributed by atoms with Crippen LogP contribution >= 0.6 is 0 Å². The fraction of sp³-hybridized carbons (Fsp3) is 0.750. The molecule has 2 rings (SSSR count). The van der Waals surface area contributed by atoms with Crippen molar-refractivity contribution in [2.75, 3.05) is 12.3 Å². The zero-order chi connectivity index (χ0) is 11.8. The van der Waals surface area contributed by atoms with Crippen LogP contribution in [0.4, 0.5) is 5.82 Å². The normalized spacial score (nSPS) is 30.6. The van der Waals surface area contributed by atoms with E-state index in [0.717, 1.165) is 37.4 Å². The summed E-state index contributed by atoms with van der Waals surface area (Å²) in [5.74, 6) is 0.767. The van der Waals surface area contributed by atoms with Gasteiger partial charge in [-0.25, -0.2) is 4.68 Å². The van der Waals surface area contributed by atoms with Crippen LogP contribution in [0, 0.1) is 6.92 Å². The van der Waals surface area contributed by atoms with Gasteiger partial charge in [0.15, 0.2) is 0 Å². The van der Waals surface area contributed by atoms with E-state index >= 15 is 0 Å². The molecule has 2 atom stereocenters. The van der Waals surface area contributed by atoms with E-state index in [1.807, 2.05) is 17.7 Å². The van der Waals surface area contributed by atoms with Gasteiger partial charge in [0.05, 0.1) is 17.3 Å². The van der Waals surface area contributed by atoms with Gasteiger partial charge < -0.3 is 10.5 Å². The van der Waals surface area contributed by atoms with Gasteiger partial charge >= 0.3 is 0 Å². The van der Waals surface area contributed by atoms with Crippen molar-refractivity contribution in [2.24, 2.45) is 0 Å². The topological polar surface area (TPSA) is 53.1 Å². The standard InChI is InChI=1S/C12H21N3O/c1-4-12(3)8-10(5-6-16-12)15-11(13)7-9(2)14-15/h7,10H,4-6,8,13H2,1-3H3. The Hall–Kier alpha value is -1.03. The molecule has 90 valence electrons. The van der Waals surface area contributed by atoms with E-state index in [-0.39, 0.29) is 5.60 Å². The Morgan fingerprint density at radius 2 is 2.44 bits per heavy atom. The van der Waals surface area contributed by atoms with Crippen molar-refractivity contribution in [2.45, 2.75) is 51.7 Å². The van der Waals surface area contributed by atoms with Gasteiger partial charge in [-0.2, -0.15) is 5.10 Å². The van der Waals surface area contributed by atoms with Gasteiger partial charge in [-0.15, -0.1) is 0 Å². The van der Waals surface area contributed by atoms with Crippen LogP contribution in [0.2, 0.25) is 0 Å². The van der Waals surface area contributed by atoms with Crippen LogP contribution in [0.25, 0.3) is 0 Å². The highest BCUT2D eigenvalue weighted by Crippen LogP contribution is 2.35. The van der Waals surface area contributed by atoms with E-state index in [1.165, 1.54) is 0 Å². The molecule has 2 unspecified atom stereocenters. The molecule has 1 aromatic heterocycles. The number of aryl methyl sites for hydroxylation is 1. The smallest absolute Gasteiger partial charge is 0.122 e. The first-order valence-corrected chi connectivity index (χ1v) is 5.99. The summed E-state index contributed by atoms with van der Waals surface area (Å²) in [6.45, 7) is 7.12. The number of aromatic nitrogens is 2. The second-order valence-corrected chi connectivity index (χ2v) is 4.95. The molecule has 1 fully saturated rings. The second-order valence-electron chi connectivity index (χ2n) is 4.95. The zero-order valence-electron chi connectivity index (χ0n) is 10.4. The lowest BCUT2D eigenvalue weighted by Crippen LogP contribution is -2.37. The van der Waals surface area contributed by atoms with E-state index in [9.17, 15) is 0 Å². The third-order valence-electron chi connectivity index (χ3n) is 3.55. The van der Waals surface area contributed by atoms with Crippen LogP contribution in [0.3, 0.4) is 0 Å². The number of nitrogen functional groups attached to an aromatic ring is 1. The van der Waals surface area contributed by atoms with Crippen molar-refractivity contribution < 1.29 is 4.74 Å². The molecule has 0 spiro atoms. The minimum atomic E-state index is -0.0186. The Balaban J connectivity index is 2.19. The summed E-state index contributed by atoms with van der Waals surface area (Å²) in [6.07, 6.45) is 3.03. The third-order valence-corrected chi connectivity index (χ3v) is 3.55. The summed E-state index contributed by atoms with van der Waals surface area (Å²) in [4.78, 5) is 0. The summed E-state index contributed by atoms with van der Waals surface area (Å²) < 4.78 is 7.80. The fourth-order valence-corrected chi connectivity index (χ4v) is 2.39. The summed E-state index contributed by atoms with van der Waals surface area (Å²) >= 11 is 0. The van der Waals surface area contributed by atoms with E-state index < -0.39 is 0 Å². The quantitative estimate of drug-likeness (QED) is 0.837. The first-order chi connectivity index (χ1) is 7.54. The summed E-state index contributed by atoms with van der Waals surface area (Å²) in [7, 11) is 0. The molecule has 1 aliphatic rings. The first kappa shape index (κ1) is 11.5. The van der Waals surface area contributed by atoms with Crippen LogP contribution in [-0.4, -0.2) is 22.0 Å². The summed E-state index contributed by atoms with van der Waals surface area (Å²) in [6, 6.07) is 2.31. The highest BCUT2D eigenvalue weighted by molar-refractivity contribution is 5.31. The lowest BCUT2D eigenvalue weighted by molar-refractivity contribution is -0.0851. The van der Waals surface area contributed by atoms with Crippen molar-refractivity contribution in [3.05, 3.63) is 11.8 Å². The molecule has 2 N–H and O–H groups in total. The average molecular weight is 223 g/mol. The van der Waals surface area contributed by atoms with E-state index in [2.05, 4.69) is 18.9 Å². The zero-order valence-corrected chi connectivity index (χ0v) is 10.4. The van der Waals surface area contributed by atoms with Crippen molar-refractivity contribution in [3.8, 4) is 0 Å². The predicted octanol–water partition coefficient (Wildman–Crippen LogP) is 2.29. The Labute approximate surface area is 96.8 Å². The van der Waals surface area contributed by atoms with Gasteiger partial charge in [-0.05, 0) is 33.1 Å². The fourth-order valence-electron chi connectivity index (χ4n) is 2.39. The van der Waals surface area contributed by atoms with Gasteiger partial charge in [-0.3, -0.25) is 0 Å². The molecule has 16 heavy (non-hydrogen) atoms. The van der Waals surface area contributed by atoms with Crippen LogP contribution in [0.1, 0.15) is 44.8 Å². The lowest BCUT2D eigenvalue weighted by Gasteiger charge is -2.38. The molecule has 4 nitrogen and oxygen atoms in total. The predicted molar refractivity (Wildman–Crippen MR) is 64.3 cm³/mol. The van der Waals surface area contributed by atoms with Crippen molar-refractivity contribution in [1.29, 1.82) is 0 Å². The number of ether oxygens (including phenoxy) is 1. The van der Waals surface area contributed by atoms with Crippen LogP contribution in [0.15, 0.2) is 6.07 Å². The molecule has 4 heteroatoms. The van der Waals surface area contributed by atoms with E-state index in [0.29, 0.717) is 6.04 Å². The minimum Gasteiger partial charge on any atom is -0.384 e. The van der Waals surface area contributed by atoms with Crippen molar-refractivity contribution >= 4 is 5.82 Å². The van der Waals surface area contributed by atoms with Crippen molar-refractivity contribution in [1.82, 2.24) is 9.78 Å². The molecule has 1 aliphatic heterocycles. The van der Waals surface area contributed by atoms with E-state index in [1.54, 1.807) is 0 Å². The molecular weight excluding hydrogens is 202 g/mol. The first-order valence-electron chi connectivity index (χ1n) is 5.99. The van der Waals surface area contributed by atoms with Gasteiger partial charge in [0, 0.05) is 12.7 Å². The SMILES string of the molecule is CCC1(C)CC(n2nc(C)cc2N)CCO1. The van der Waals surface area contributed by atoms with Crippen LogP contribution < -0.4 is 5.73 Å². The maximum atomic E-state index is 5.96. The molecular formula is C12H21N3O. The monoisotopic (exact) mass is 223 g/mol. The van der Waals surface area contributed by atoms with Gasteiger partial charge in [0.25, 0.3) is 0 Å². The molecule has 0 aromatic carbocycles. The molecule has 0 saturated carbocycles. The Kier molecular flexibility index (Phi) is 2.93. The van der Waals surface area contributed by atoms with Crippen molar-refractivity contribution in [3.63, 3.8) is 0 Å². The number of rotatable bonds is 2. The molecule has 0 radical (unpaired) electrons. The molecule has 0 amide bonds. The maximum absolute atomic E-state index is 5.96. The van der Waals surface area contributed by atoms with Gasteiger partial charge in [0.1, 0.15) is 5.82 Å². The molecule has 0 aliphatic carbocycles. The summed E-state index contributed by atoms with van der Waals surface area (Å²) in [5.41, 5.74) is 6.93. The number of nitrogens with zero attached hydrogens (tertiary/aromatic N) is 2. The minimum absolute atomic E-state index is 0.0186. The largest absolute Gasteiger partial charge is 0.384 e. The highest BCUT2D eigenvalue weighted by atomic mass is 16.5. The Morgan fingerprint density at radius 3 is 3.00 bits per heavy atom. The number of hydrogen-bond acceptors (Lipinski definition) is 3. The van der Waals surface area contributed by atoms with E-state index in [4.69, 9.17) is 10.5 Å². The van der Waals surface area contributed by atoms with Gasteiger partial charge in [0.2, 0.25) is 0 Å². The number of anilines is 1. The van der Waals surface area contributed by atoms with Gasteiger partial charge in [-0.1, -0.05) is 6.92 Å². The lowest BCUT2D eigenvalue weighted by atomic mass is 9.90. The van der Waals surface area contributed by atoms with Crippen LogP contribution in [0.5, 0.6) is 0 Å². The number of nitrogens with two attached hydrogens (primary N) is 1. The molecule has 2 heterocycles. The maximum Gasteiger partial charge on any atom is 0.122 e. The Bertz CT molecular complexity index is 374. The molecule has 1 aromatic rings. The summed E-state index contributed by atoms with van der Waals surface area (Å²) in [5, 5.41) is 4.47. The molecule has 1 saturated heterocycles. The molecule has 0 bridgehead atoms. The average Bonchev–Trinajstić information content (AvgIpc) is 2.58. The highest BCUT2D eigenvalue weighted by Gasteiger charge is 2.33. The second kappa shape index (κ2) is 4.09. The third kappa shape index (κ3) is 2.07. The van der Waals surface area contributed by atoms with Crippen LogP contribution in [-0.2, 0) is 4.74 Å². The number of hydrogen-bond donors (Lipinski definition) is 1.